The van der Waals surface area contributed by atoms with Gasteiger partial charge in [0.15, 0.2) is 5.16 Å². The van der Waals surface area contributed by atoms with Gasteiger partial charge in [-0.25, -0.2) is 4.98 Å². The van der Waals surface area contributed by atoms with Crippen LogP contribution >= 0.6 is 23.1 Å². The Hall–Kier alpha value is -2.67. The van der Waals surface area contributed by atoms with Crippen molar-refractivity contribution >= 4 is 44.9 Å². The van der Waals surface area contributed by atoms with E-state index in [2.05, 4.69) is 23.3 Å². The lowest BCUT2D eigenvalue weighted by atomic mass is 9.89. The number of nitrogens with one attached hydrogen (secondary N) is 1. The minimum absolute atomic E-state index is 0.0849. The Morgan fingerprint density at radius 3 is 3.03 bits per heavy atom. The Labute approximate surface area is 194 Å². The molecule has 4 rings (SSSR count). The molecule has 1 aliphatic carbocycles. The average molecular weight is 469 g/mol. The highest BCUT2D eigenvalue weighted by Crippen LogP contribution is 2.39. The second-order valence-electron chi connectivity index (χ2n) is 7.87. The molecule has 0 saturated heterocycles. The summed E-state index contributed by atoms with van der Waals surface area (Å²) in [6, 6.07) is 9.45. The number of para-hydroxylation sites is 1. The topological polar surface area (TPSA) is 97.0 Å². The van der Waals surface area contributed by atoms with Crippen molar-refractivity contribution in [2.45, 2.75) is 37.9 Å². The highest BCUT2D eigenvalue weighted by Gasteiger charge is 2.24. The number of aromatic nitrogens is 2. The number of anilines is 1. The summed E-state index contributed by atoms with van der Waals surface area (Å²) in [5.74, 6) is 0.454. The predicted molar refractivity (Wildman–Crippen MR) is 127 cm³/mol. The van der Waals surface area contributed by atoms with Gasteiger partial charge in [0.05, 0.1) is 35.4 Å². The zero-order valence-electron chi connectivity index (χ0n) is 18.0. The molecule has 0 saturated carbocycles. The number of carbonyl (C=O) groups is 1. The molecule has 1 aromatic carbocycles. The number of nitriles is 1. The van der Waals surface area contributed by atoms with Crippen LogP contribution in [-0.4, -0.2) is 34.9 Å². The van der Waals surface area contributed by atoms with Crippen molar-refractivity contribution in [3.63, 3.8) is 0 Å². The van der Waals surface area contributed by atoms with Gasteiger partial charge in [-0.3, -0.25) is 14.2 Å². The number of thioether (sulfide) groups is 1. The molecule has 1 atom stereocenters. The molecular weight excluding hydrogens is 444 g/mol. The van der Waals surface area contributed by atoms with E-state index in [1.165, 1.54) is 28.0 Å². The van der Waals surface area contributed by atoms with Crippen molar-refractivity contribution in [2.24, 2.45) is 5.92 Å². The lowest BCUT2D eigenvalue weighted by Crippen LogP contribution is -2.26. The van der Waals surface area contributed by atoms with E-state index in [9.17, 15) is 14.9 Å². The molecule has 32 heavy (non-hydrogen) atoms. The summed E-state index contributed by atoms with van der Waals surface area (Å²) in [4.78, 5) is 31.5. The maximum atomic E-state index is 12.9. The molecule has 0 fully saturated rings. The van der Waals surface area contributed by atoms with Crippen molar-refractivity contribution < 1.29 is 9.53 Å². The van der Waals surface area contributed by atoms with Crippen LogP contribution in [0.25, 0.3) is 10.9 Å². The summed E-state index contributed by atoms with van der Waals surface area (Å²) in [7, 11) is 1.58. The monoisotopic (exact) mass is 468 g/mol. The van der Waals surface area contributed by atoms with Crippen LogP contribution in [0.15, 0.2) is 34.2 Å². The fourth-order valence-electron chi connectivity index (χ4n) is 3.89. The molecule has 0 spiro atoms. The summed E-state index contributed by atoms with van der Waals surface area (Å²) >= 11 is 2.72. The van der Waals surface area contributed by atoms with Crippen molar-refractivity contribution in [2.75, 3.05) is 24.8 Å². The number of rotatable bonds is 7. The lowest BCUT2D eigenvalue weighted by Gasteiger charge is -2.17. The molecule has 3 aromatic rings. The largest absolute Gasteiger partial charge is 0.383 e. The lowest BCUT2D eigenvalue weighted by molar-refractivity contribution is -0.113. The van der Waals surface area contributed by atoms with Gasteiger partial charge in [0.1, 0.15) is 11.1 Å². The van der Waals surface area contributed by atoms with Gasteiger partial charge in [-0.2, -0.15) is 5.26 Å². The average Bonchev–Trinajstić information content (AvgIpc) is 3.13. The summed E-state index contributed by atoms with van der Waals surface area (Å²) < 4.78 is 6.69. The van der Waals surface area contributed by atoms with Crippen molar-refractivity contribution in [1.82, 2.24) is 9.55 Å². The second-order valence-corrected chi connectivity index (χ2v) is 9.91. The molecule has 9 heteroatoms. The smallest absolute Gasteiger partial charge is 0.262 e. The first kappa shape index (κ1) is 22.5. The Balaban J connectivity index is 1.53. The highest BCUT2D eigenvalue weighted by atomic mass is 32.2. The van der Waals surface area contributed by atoms with Crippen LogP contribution in [0.3, 0.4) is 0 Å². The second kappa shape index (κ2) is 9.86. The molecule has 1 amide bonds. The number of methoxy groups -OCH3 is 1. The molecule has 1 N–H and O–H groups in total. The number of hydrogen-bond donors (Lipinski definition) is 1. The Morgan fingerprint density at radius 1 is 1.44 bits per heavy atom. The van der Waals surface area contributed by atoms with Gasteiger partial charge in [-0.1, -0.05) is 30.8 Å². The first-order valence-corrected chi connectivity index (χ1v) is 12.3. The number of nitrogens with zero attached hydrogens (tertiary/aromatic N) is 3. The number of ether oxygens (including phenoxy) is 1. The first-order valence-electron chi connectivity index (χ1n) is 10.5. The minimum Gasteiger partial charge on any atom is -0.383 e. The van der Waals surface area contributed by atoms with Crippen LogP contribution < -0.4 is 10.9 Å². The summed E-state index contributed by atoms with van der Waals surface area (Å²) in [6.07, 6.45) is 2.90. The van der Waals surface area contributed by atoms with E-state index in [1.807, 2.05) is 6.07 Å². The predicted octanol–water partition coefficient (Wildman–Crippen LogP) is 3.83. The van der Waals surface area contributed by atoms with Gasteiger partial charge in [0.25, 0.3) is 5.56 Å². The van der Waals surface area contributed by atoms with E-state index >= 15 is 0 Å². The normalized spacial score (nSPS) is 15.3. The third kappa shape index (κ3) is 4.58. The van der Waals surface area contributed by atoms with Crippen LogP contribution in [0.5, 0.6) is 0 Å². The molecule has 0 radical (unpaired) electrons. The van der Waals surface area contributed by atoms with E-state index in [4.69, 9.17) is 4.74 Å². The van der Waals surface area contributed by atoms with E-state index in [-0.39, 0.29) is 17.2 Å². The quantitative estimate of drug-likeness (QED) is 0.418. The van der Waals surface area contributed by atoms with E-state index in [0.29, 0.717) is 45.7 Å². The summed E-state index contributed by atoms with van der Waals surface area (Å²) in [5.41, 5.74) is 2.13. The van der Waals surface area contributed by atoms with Crippen LogP contribution in [0.2, 0.25) is 0 Å². The molecule has 2 aromatic heterocycles. The Bertz CT molecular complexity index is 1260. The fraction of sp³-hybridized carbons (Fsp3) is 0.391. The van der Waals surface area contributed by atoms with Crippen LogP contribution in [0.1, 0.15) is 29.3 Å². The number of hydrogen-bond acceptors (Lipinski definition) is 7. The van der Waals surface area contributed by atoms with Gasteiger partial charge in [-0.05, 0) is 42.9 Å². The number of fused-ring (bicyclic) bond motifs is 2. The molecular formula is C23H24N4O3S2. The maximum absolute atomic E-state index is 12.9. The highest BCUT2D eigenvalue weighted by molar-refractivity contribution is 7.99. The number of benzene rings is 1. The van der Waals surface area contributed by atoms with Crippen LogP contribution in [0.4, 0.5) is 5.00 Å². The van der Waals surface area contributed by atoms with Gasteiger partial charge < -0.3 is 10.1 Å². The summed E-state index contributed by atoms with van der Waals surface area (Å²) in [6.45, 7) is 2.93. The third-order valence-electron chi connectivity index (χ3n) is 5.55. The van der Waals surface area contributed by atoms with E-state index in [1.54, 1.807) is 29.9 Å². The summed E-state index contributed by atoms with van der Waals surface area (Å²) in [5, 5.41) is 14.2. The molecule has 166 valence electrons. The van der Waals surface area contributed by atoms with E-state index in [0.717, 1.165) is 24.8 Å². The standard InChI is InChI=1S/C23H24N4O3S2/c1-14-7-8-15-17(12-24)21(32-19(15)11-14)26-20(28)13-31-23-25-18-6-4-3-5-16(18)22(29)27(23)9-10-30-2/h3-6,14H,7-11,13H2,1-2H3,(H,26,28). The fourth-order valence-corrected chi connectivity index (χ4v) is 6.09. The van der Waals surface area contributed by atoms with Gasteiger partial charge in [0.2, 0.25) is 5.91 Å². The molecule has 1 unspecified atom stereocenters. The SMILES string of the molecule is COCCn1c(SCC(=O)Nc2sc3c(c2C#N)CCC(C)C3)nc2ccccc2c1=O. The van der Waals surface area contributed by atoms with E-state index < -0.39 is 0 Å². The van der Waals surface area contributed by atoms with Crippen LogP contribution in [-0.2, 0) is 28.9 Å². The minimum atomic E-state index is -0.223. The van der Waals surface area contributed by atoms with Crippen molar-refractivity contribution in [3.05, 3.63) is 50.6 Å². The van der Waals surface area contributed by atoms with Crippen LogP contribution in [0, 0.1) is 17.2 Å². The number of thiophene rings is 1. The zero-order chi connectivity index (χ0) is 22.7. The molecule has 0 aliphatic heterocycles. The Kier molecular flexibility index (Phi) is 6.94. The Morgan fingerprint density at radius 2 is 2.25 bits per heavy atom. The third-order valence-corrected chi connectivity index (χ3v) is 7.70. The zero-order valence-corrected chi connectivity index (χ0v) is 19.6. The number of carbonyl (C=O) groups excluding carboxylic acids is 1. The molecule has 2 heterocycles. The molecule has 0 bridgehead atoms. The first-order chi connectivity index (χ1) is 15.5. The molecule has 1 aliphatic rings. The molecule has 7 nitrogen and oxygen atoms in total. The van der Waals surface area contributed by atoms with Gasteiger partial charge in [0, 0.05) is 12.0 Å². The van der Waals surface area contributed by atoms with Crippen molar-refractivity contribution in [3.8, 4) is 6.07 Å². The number of amides is 1. The van der Waals surface area contributed by atoms with Gasteiger partial charge >= 0.3 is 0 Å². The maximum Gasteiger partial charge on any atom is 0.262 e. The van der Waals surface area contributed by atoms with Crippen molar-refractivity contribution in [1.29, 1.82) is 5.26 Å². The van der Waals surface area contributed by atoms with Gasteiger partial charge in [-0.15, -0.1) is 11.3 Å².